The number of rotatable bonds is 8. The molecule has 0 atom stereocenters. The number of guanidine groups is 1. The van der Waals surface area contributed by atoms with Gasteiger partial charge in [0.15, 0.2) is 5.96 Å². The van der Waals surface area contributed by atoms with Crippen LogP contribution in [0.1, 0.15) is 26.2 Å². The molecule has 0 unspecified atom stereocenters. The molecule has 1 rings (SSSR count). The smallest absolute Gasteiger partial charge is 0.222 e. The molecule has 0 aromatic carbocycles. The molecule has 1 saturated heterocycles. The third-order valence-electron chi connectivity index (χ3n) is 2.97. The van der Waals surface area contributed by atoms with E-state index in [2.05, 4.69) is 15.6 Å². The summed E-state index contributed by atoms with van der Waals surface area (Å²) < 4.78 is 4.99. The van der Waals surface area contributed by atoms with E-state index >= 15 is 0 Å². The summed E-state index contributed by atoms with van der Waals surface area (Å²) >= 11 is 0. The first kappa shape index (κ1) is 19.4. The van der Waals surface area contributed by atoms with Crippen molar-refractivity contribution >= 4 is 35.8 Å². The number of amides is 1. The minimum Gasteiger partial charge on any atom is -0.383 e. The maximum atomic E-state index is 11.4. The van der Waals surface area contributed by atoms with Crippen molar-refractivity contribution in [1.29, 1.82) is 0 Å². The fourth-order valence-corrected chi connectivity index (χ4v) is 2.01. The van der Waals surface area contributed by atoms with Gasteiger partial charge in [0, 0.05) is 46.3 Å². The molecule has 1 heterocycles. The number of aliphatic imine (C=N–C) groups is 1. The second kappa shape index (κ2) is 12.2. The summed E-state index contributed by atoms with van der Waals surface area (Å²) in [6, 6.07) is 0. The minimum atomic E-state index is 0. The Morgan fingerprint density at radius 3 is 2.85 bits per heavy atom. The van der Waals surface area contributed by atoms with Crippen molar-refractivity contribution in [3.05, 3.63) is 0 Å². The molecule has 6 nitrogen and oxygen atoms in total. The molecule has 0 aromatic heterocycles. The van der Waals surface area contributed by atoms with E-state index < -0.39 is 0 Å². The highest BCUT2D eigenvalue weighted by atomic mass is 127. The molecule has 0 aliphatic carbocycles. The van der Waals surface area contributed by atoms with Crippen molar-refractivity contribution in [3.8, 4) is 0 Å². The van der Waals surface area contributed by atoms with Crippen molar-refractivity contribution in [3.63, 3.8) is 0 Å². The highest BCUT2D eigenvalue weighted by Gasteiger charge is 2.18. The van der Waals surface area contributed by atoms with Crippen LogP contribution in [0.25, 0.3) is 0 Å². The number of methoxy groups -OCH3 is 1. The average Bonchev–Trinajstić information content (AvgIpc) is 2.80. The number of hydrogen-bond acceptors (Lipinski definition) is 3. The van der Waals surface area contributed by atoms with E-state index in [0.717, 1.165) is 51.5 Å². The van der Waals surface area contributed by atoms with Crippen molar-refractivity contribution in [2.45, 2.75) is 26.2 Å². The van der Waals surface area contributed by atoms with E-state index in [1.165, 1.54) is 0 Å². The van der Waals surface area contributed by atoms with Gasteiger partial charge in [-0.15, -0.1) is 24.0 Å². The van der Waals surface area contributed by atoms with Crippen LogP contribution in [0.2, 0.25) is 0 Å². The number of carbonyl (C=O) groups excluding carboxylic acids is 1. The lowest BCUT2D eigenvalue weighted by Crippen LogP contribution is -2.39. The zero-order valence-corrected chi connectivity index (χ0v) is 14.8. The predicted molar refractivity (Wildman–Crippen MR) is 91.7 cm³/mol. The lowest BCUT2D eigenvalue weighted by Gasteiger charge is -2.15. The van der Waals surface area contributed by atoms with E-state index in [-0.39, 0.29) is 29.9 Å². The van der Waals surface area contributed by atoms with Gasteiger partial charge >= 0.3 is 0 Å². The van der Waals surface area contributed by atoms with Gasteiger partial charge in [0.1, 0.15) is 0 Å². The molecule has 1 amide bonds. The number of ether oxygens (including phenoxy) is 1. The van der Waals surface area contributed by atoms with Gasteiger partial charge < -0.3 is 20.3 Å². The molecule has 0 radical (unpaired) electrons. The van der Waals surface area contributed by atoms with Gasteiger partial charge in [-0.05, 0) is 19.8 Å². The second-order valence-electron chi connectivity index (χ2n) is 4.52. The third kappa shape index (κ3) is 7.88. The highest BCUT2D eigenvalue weighted by Crippen LogP contribution is 2.09. The predicted octanol–water partition coefficient (Wildman–Crippen LogP) is 0.818. The first-order valence-corrected chi connectivity index (χ1v) is 7.06. The van der Waals surface area contributed by atoms with E-state index in [1.807, 2.05) is 11.8 Å². The summed E-state index contributed by atoms with van der Waals surface area (Å²) in [5.41, 5.74) is 0. The fraction of sp³-hybridized carbons (Fsp3) is 0.846. The number of halogens is 1. The van der Waals surface area contributed by atoms with Gasteiger partial charge in [-0.2, -0.15) is 0 Å². The fourth-order valence-electron chi connectivity index (χ4n) is 2.01. The normalized spacial score (nSPS) is 15.2. The Morgan fingerprint density at radius 1 is 1.45 bits per heavy atom. The Morgan fingerprint density at radius 2 is 2.25 bits per heavy atom. The molecule has 0 saturated carbocycles. The molecular formula is C13H27IN4O2. The molecular weight excluding hydrogens is 371 g/mol. The van der Waals surface area contributed by atoms with Crippen LogP contribution in [-0.4, -0.2) is 63.2 Å². The van der Waals surface area contributed by atoms with Crippen LogP contribution in [0.15, 0.2) is 4.99 Å². The van der Waals surface area contributed by atoms with Crippen LogP contribution >= 0.6 is 24.0 Å². The number of nitrogens with zero attached hydrogens (tertiary/aromatic N) is 2. The Balaban J connectivity index is 0.00000361. The second-order valence-corrected chi connectivity index (χ2v) is 4.52. The van der Waals surface area contributed by atoms with E-state index in [4.69, 9.17) is 4.74 Å². The zero-order valence-electron chi connectivity index (χ0n) is 12.5. The van der Waals surface area contributed by atoms with Crippen LogP contribution in [0, 0.1) is 0 Å². The minimum absolute atomic E-state index is 0. The van der Waals surface area contributed by atoms with Crippen molar-refractivity contribution < 1.29 is 9.53 Å². The monoisotopic (exact) mass is 398 g/mol. The summed E-state index contributed by atoms with van der Waals surface area (Å²) in [6.45, 7) is 6.74. The molecule has 1 fully saturated rings. The van der Waals surface area contributed by atoms with E-state index in [9.17, 15) is 4.79 Å². The first-order valence-electron chi connectivity index (χ1n) is 7.06. The van der Waals surface area contributed by atoms with Crippen LogP contribution in [0.4, 0.5) is 0 Å². The largest absolute Gasteiger partial charge is 0.383 e. The lowest BCUT2D eigenvalue weighted by atomic mass is 10.4. The summed E-state index contributed by atoms with van der Waals surface area (Å²) in [5, 5.41) is 6.37. The number of likely N-dealkylation sites (tertiary alicyclic amines) is 1. The maximum Gasteiger partial charge on any atom is 0.222 e. The SMILES string of the molecule is CCNC(=NCCCN1CCCC1=O)NCCOC.I. The molecule has 1 aliphatic rings. The number of carbonyl (C=O) groups is 1. The Labute approximate surface area is 138 Å². The van der Waals surface area contributed by atoms with Gasteiger partial charge in [0.05, 0.1) is 6.61 Å². The average molecular weight is 398 g/mol. The van der Waals surface area contributed by atoms with Crippen LogP contribution < -0.4 is 10.6 Å². The van der Waals surface area contributed by atoms with E-state index in [0.29, 0.717) is 13.0 Å². The zero-order chi connectivity index (χ0) is 13.9. The topological polar surface area (TPSA) is 66.0 Å². The van der Waals surface area contributed by atoms with Crippen LogP contribution in [0.5, 0.6) is 0 Å². The summed E-state index contributed by atoms with van der Waals surface area (Å²) in [7, 11) is 1.68. The number of hydrogen-bond donors (Lipinski definition) is 2. The Hall–Kier alpha value is -0.570. The van der Waals surface area contributed by atoms with Gasteiger partial charge in [0.2, 0.25) is 5.91 Å². The molecule has 20 heavy (non-hydrogen) atoms. The maximum absolute atomic E-state index is 11.4. The van der Waals surface area contributed by atoms with Gasteiger partial charge in [-0.25, -0.2) is 0 Å². The standard InChI is InChI=1S/C13H26N4O2.HI/c1-3-14-13(16-8-11-19-2)15-7-5-10-17-9-4-6-12(17)18;/h3-11H2,1-2H3,(H2,14,15,16);1H. The van der Waals surface area contributed by atoms with Crippen LogP contribution in [0.3, 0.4) is 0 Å². The van der Waals surface area contributed by atoms with Gasteiger partial charge in [-0.3, -0.25) is 9.79 Å². The molecule has 1 aliphatic heterocycles. The van der Waals surface area contributed by atoms with Crippen LogP contribution in [-0.2, 0) is 9.53 Å². The number of nitrogens with one attached hydrogen (secondary N) is 2. The Bertz CT molecular complexity index is 300. The molecule has 0 aromatic rings. The van der Waals surface area contributed by atoms with E-state index in [1.54, 1.807) is 7.11 Å². The summed E-state index contributed by atoms with van der Waals surface area (Å²) in [6.07, 6.45) is 2.63. The quantitative estimate of drug-likeness (QED) is 0.275. The summed E-state index contributed by atoms with van der Waals surface area (Å²) in [4.78, 5) is 17.8. The molecule has 118 valence electrons. The van der Waals surface area contributed by atoms with Crippen molar-refractivity contribution in [2.75, 3.05) is 46.4 Å². The molecule has 7 heteroatoms. The first-order chi connectivity index (χ1) is 9.27. The Kier molecular flexibility index (Phi) is 11.8. The highest BCUT2D eigenvalue weighted by molar-refractivity contribution is 14.0. The molecule has 0 bridgehead atoms. The third-order valence-corrected chi connectivity index (χ3v) is 2.97. The molecule has 2 N–H and O–H groups in total. The van der Waals surface area contributed by atoms with Gasteiger partial charge in [0.25, 0.3) is 0 Å². The lowest BCUT2D eigenvalue weighted by molar-refractivity contribution is -0.127. The summed E-state index contributed by atoms with van der Waals surface area (Å²) in [5.74, 6) is 1.10. The van der Waals surface area contributed by atoms with Crippen molar-refractivity contribution in [2.24, 2.45) is 4.99 Å². The van der Waals surface area contributed by atoms with Crippen molar-refractivity contribution in [1.82, 2.24) is 15.5 Å². The van der Waals surface area contributed by atoms with Gasteiger partial charge in [-0.1, -0.05) is 0 Å². The molecule has 0 spiro atoms.